The van der Waals surface area contributed by atoms with Crippen LogP contribution < -0.4 is 21.3 Å². The molecule has 1 aliphatic rings. The van der Waals surface area contributed by atoms with E-state index in [2.05, 4.69) is 223 Å². The topological polar surface area (TPSA) is 28.4 Å². The van der Waals surface area contributed by atoms with Crippen molar-refractivity contribution >= 4 is 100 Å². The fourth-order valence-electron chi connectivity index (χ4n) is 9.19. The highest BCUT2D eigenvalue weighted by Gasteiger charge is 2.35. The molecule has 0 spiro atoms. The summed E-state index contributed by atoms with van der Waals surface area (Å²) in [6.45, 7) is 13.7. The van der Waals surface area contributed by atoms with Gasteiger partial charge in [-0.2, -0.15) is 0 Å². The molecule has 0 saturated heterocycles. The first-order valence-electron chi connectivity index (χ1n) is 21.2. The van der Waals surface area contributed by atoms with Crippen molar-refractivity contribution in [2.45, 2.75) is 52.4 Å². The number of rotatable bonds is 5. The molecule has 0 atom stereocenters. The van der Waals surface area contributed by atoms with Crippen LogP contribution in [0.15, 0.2) is 168 Å². The Morgan fingerprint density at radius 3 is 1.98 bits per heavy atom. The van der Waals surface area contributed by atoms with Crippen LogP contribution in [0.1, 0.15) is 52.7 Å². The molecule has 0 fully saturated rings. The predicted octanol–water partition coefficient (Wildman–Crippen LogP) is 15.1. The van der Waals surface area contributed by atoms with Crippen molar-refractivity contribution in [1.29, 1.82) is 0 Å². The van der Waals surface area contributed by atoms with Crippen LogP contribution in [0.5, 0.6) is 0 Å². The van der Waals surface area contributed by atoms with Crippen LogP contribution in [0.25, 0.3) is 64.2 Å². The van der Waals surface area contributed by atoms with Gasteiger partial charge in [0, 0.05) is 53.7 Å². The van der Waals surface area contributed by atoms with E-state index in [4.69, 9.17) is 4.42 Å². The maximum absolute atomic E-state index is 6.89. The van der Waals surface area contributed by atoms with Crippen LogP contribution in [0.3, 0.4) is 0 Å². The van der Waals surface area contributed by atoms with Gasteiger partial charge < -0.3 is 14.6 Å². The van der Waals surface area contributed by atoms with Crippen LogP contribution in [-0.4, -0.2) is 7.28 Å². The summed E-state index contributed by atoms with van der Waals surface area (Å²) < 4.78 is 9.43. The Kier molecular flexibility index (Phi) is 8.60. The summed E-state index contributed by atoms with van der Waals surface area (Å²) in [7, 11) is 2.30. The summed E-state index contributed by atoms with van der Waals surface area (Å²) in [4.78, 5) is 2.48. The Hall–Kier alpha value is -6.56. The average molecular weight is 806 g/mol. The minimum absolute atomic E-state index is 0.0335. The lowest BCUT2D eigenvalue weighted by Gasteiger charge is -2.35. The fraction of sp³-hybridized carbons (Fsp3) is 0.143. The molecule has 0 unspecified atom stereocenters. The largest absolute Gasteiger partial charge is 0.469 e. The quantitative estimate of drug-likeness (QED) is 0.176. The van der Waals surface area contributed by atoms with E-state index in [9.17, 15) is 0 Å². The molecule has 0 amide bonds. The summed E-state index contributed by atoms with van der Waals surface area (Å²) in [5.41, 5.74) is 15.5. The molecule has 3 heterocycles. The third-order valence-electron chi connectivity index (χ3n) is 12.4. The van der Waals surface area contributed by atoms with Gasteiger partial charge in [-0.1, -0.05) is 145 Å². The first-order chi connectivity index (χ1) is 29.5. The number of thiophene rings is 1. The molecule has 0 bridgehead atoms. The van der Waals surface area contributed by atoms with Gasteiger partial charge in [0.1, 0.15) is 5.58 Å². The van der Waals surface area contributed by atoms with Crippen molar-refractivity contribution in [1.82, 2.24) is 0 Å². The first-order valence-corrected chi connectivity index (χ1v) is 22.1. The van der Waals surface area contributed by atoms with Crippen LogP contribution in [0.2, 0.25) is 0 Å². The predicted molar refractivity (Wildman–Crippen MR) is 264 cm³/mol. The number of furan rings is 1. The smallest absolute Gasteiger partial charge is 0.247 e. The van der Waals surface area contributed by atoms with Gasteiger partial charge in [-0.25, -0.2) is 0 Å². The van der Waals surface area contributed by atoms with Gasteiger partial charge in [-0.15, -0.1) is 11.3 Å². The van der Waals surface area contributed by atoms with E-state index < -0.39 is 0 Å². The molecular formula is C56H46BN2OS. The molecule has 8 aromatic carbocycles. The molecular weight excluding hydrogens is 760 g/mol. The van der Waals surface area contributed by atoms with Gasteiger partial charge in [0.25, 0.3) is 0 Å². The summed E-state index contributed by atoms with van der Waals surface area (Å²) >= 11 is 1.86. The van der Waals surface area contributed by atoms with Gasteiger partial charge >= 0.3 is 0 Å². The molecule has 61 heavy (non-hydrogen) atoms. The van der Waals surface area contributed by atoms with E-state index >= 15 is 0 Å². The minimum Gasteiger partial charge on any atom is -0.469 e. The zero-order valence-corrected chi connectivity index (χ0v) is 36.2. The maximum Gasteiger partial charge on any atom is 0.247 e. The summed E-state index contributed by atoms with van der Waals surface area (Å²) in [6, 6.07) is 60.1. The van der Waals surface area contributed by atoms with Crippen LogP contribution >= 0.6 is 11.3 Å². The van der Waals surface area contributed by atoms with Crippen molar-refractivity contribution in [3.8, 4) is 22.3 Å². The van der Waals surface area contributed by atoms with Crippen molar-refractivity contribution in [2.24, 2.45) is 0 Å². The normalized spacial score (nSPS) is 12.9. The number of hydrogen-bond acceptors (Lipinski definition) is 4. The standard InChI is InChI=1S/C56H46BN2OS/c1-55(2,3)36-24-27-38(28-25-36)58-45-32-43-40-20-13-15-23-49(40)61-50(43)33-44(45)51-39-19-11-10-18-35(39)30-47-52(51)57-54-53(41-21-12-14-22-48(41)60-54)59(47)46-29-26-37(56(4,5)6)31-42(46)34-16-8-7-9-17-34/h7-33,58H,1-6H3. The molecule has 1 N–H and O–H groups in total. The molecule has 0 saturated carbocycles. The molecule has 5 heteroatoms. The van der Waals surface area contributed by atoms with Gasteiger partial charge in [-0.3, -0.25) is 0 Å². The Bertz CT molecular complexity index is 3330. The maximum atomic E-state index is 6.89. The number of fused-ring (bicyclic) bond motifs is 8. The molecule has 11 rings (SSSR count). The minimum atomic E-state index is -0.0335. The Labute approximate surface area is 362 Å². The summed E-state index contributed by atoms with van der Waals surface area (Å²) in [5, 5.41) is 9.93. The second-order valence-electron chi connectivity index (χ2n) is 18.5. The zero-order valence-electron chi connectivity index (χ0n) is 35.4. The third kappa shape index (κ3) is 6.33. The van der Waals surface area contributed by atoms with E-state index in [0.717, 1.165) is 56.1 Å². The third-order valence-corrected chi connectivity index (χ3v) is 13.5. The average Bonchev–Trinajstić information content (AvgIpc) is 3.82. The summed E-state index contributed by atoms with van der Waals surface area (Å²) in [6.07, 6.45) is 0. The van der Waals surface area contributed by atoms with E-state index in [1.165, 1.54) is 58.8 Å². The SMILES string of the molecule is CC(C)(C)c1ccc(Nc2cc3c(cc2-c2c4c(cc5ccccc25)N(c2ccc(C(C)(C)C)cc2-c2ccccc2)c2c(oc5ccccc25)[B]4)sc2ccccc23)cc1. The lowest BCUT2D eigenvalue weighted by molar-refractivity contribution is 0.590. The lowest BCUT2D eigenvalue weighted by atomic mass is 9.60. The van der Waals surface area contributed by atoms with E-state index in [1.807, 2.05) is 11.3 Å². The van der Waals surface area contributed by atoms with E-state index in [0.29, 0.717) is 0 Å². The van der Waals surface area contributed by atoms with Crippen molar-refractivity contribution < 1.29 is 4.42 Å². The lowest BCUT2D eigenvalue weighted by Crippen LogP contribution is -2.40. The number of nitrogens with one attached hydrogen (secondary N) is 1. The number of anilines is 5. The Morgan fingerprint density at radius 1 is 0.541 bits per heavy atom. The Balaban J connectivity index is 1.22. The monoisotopic (exact) mass is 805 g/mol. The highest BCUT2D eigenvalue weighted by molar-refractivity contribution is 7.25. The van der Waals surface area contributed by atoms with Gasteiger partial charge in [0.15, 0.2) is 0 Å². The van der Waals surface area contributed by atoms with Crippen molar-refractivity contribution in [2.75, 3.05) is 10.2 Å². The molecule has 3 nitrogen and oxygen atoms in total. The number of benzene rings is 8. The molecule has 0 aliphatic carbocycles. The second-order valence-corrected chi connectivity index (χ2v) is 19.6. The van der Waals surface area contributed by atoms with E-state index in [1.54, 1.807) is 0 Å². The van der Waals surface area contributed by atoms with Crippen molar-refractivity contribution in [3.05, 3.63) is 175 Å². The first kappa shape index (κ1) is 37.4. The molecule has 2 aromatic heterocycles. The second kappa shape index (κ2) is 14.0. The van der Waals surface area contributed by atoms with Crippen LogP contribution in [0, 0.1) is 0 Å². The van der Waals surface area contributed by atoms with Crippen LogP contribution in [-0.2, 0) is 10.8 Å². The highest BCUT2D eigenvalue weighted by atomic mass is 32.1. The van der Waals surface area contributed by atoms with Gasteiger partial charge in [0.2, 0.25) is 7.28 Å². The molecule has 295 valence electrons. The Morgan fingerprint density at radius 2 is 1.21 bits per heavy atom. The zero-order chi connectivity index (χ0) is 41.6. The molecule has 1 radical (unpaired) electrons. The number of nitrogens with zero attached hydrogens (tertiary/aromatic N) is 1. The molecule has 1 aliphatic heterocycles. The highest BCUT2D eigenvalue weighted by Crippen LogP contribution is 2.49. The summed E-state index contributed by atoms with van der Waals surface area (Å²) in [5.74, 6) is 0. The number of para-hydroxylation sites is 1. The van der Waals surface area contributed by atoms with Crippen molar-refractivity contribution in [3.63, 3.8) is 0 Å². The van der Waals surface area contributed by atoms with Gasteiger partial charge in [-0.05, 0) is 110 Å². The number of hydrogen-bond donors (Lipinski definition) is 1. The van der Waals surface area contributed by atoms with E-state index in [-0.39, 0.29) is 10.8 Å². The fourth-order valence-corrected chi connectivity index (χ4v) is 10.3. The van der Waals surface area contributed by atoms with Crippen LogP contribution in [0.4, 0.5) is 28.4 Å². The molecule has 10 aromatic rings. The van der Waals surface area contributed by atoms with Gasteiger partial charge in [0.05, 0.1) is 17.0 Å².